The van der Waals surface area contributed by atoms with Gasteiger partial charge in [0.2, 0.25) is 5.91 Å². The molecule has 1 rings (SSSR count). The highest BCUT2D eigenvalue weighted by Crippen LogP contribution is 2.18. The molecule has 0 fully saturated rings. The molecule has 6 nitrogen and oxygen atoms in total. The molecule has 0 aliphatic heterocycles. The number of nitrogens with one attached hydrogen (secondary N) is 2. The summed E-state index contributed by atoms with van der Waals surface area (Å²) in [5.74, 6) is -1.39. The number of aliphatic carboxylic acids is 1. The van der Waals surface area contributed by atoms with Gasteiger partial charge in [-0.15, -0.1) is 11.3 Å². The molecule has 7 heteroatoms. The second-order valence-electron chi connectivity index (χ2n) is 4.76. The van der Waals surface area contributed by atoms with E-state index in [0.29, 0.717) is 22.9 Å². The summed E-state index contributed by atoms with van der Waals surface area (Å²) in [5, 5.41) is 15.5. The molecule has 114 valence electrons. The van der Waals surface area contributed by atoms with Gasteiger partial charge in [-0.3, -0.25) is 9.59 Å². The molecule has 0 unspecified atom stereocenters. The predicted molar refractivity (Wildman–Crippen MR) is 81.2 cm³/mol. The second-order valence-corrected chi connectivity index (χ2v) is 5.67. The van der Waals surface area contributed by atoms with Crippen molar-refractivity contribution in [1.29, 1.82) is 0 Å². The Balaban J connectivity index is 2.55. The molecule has 0 spiro atoms. The Hall–Kier alpha value is -2.15. The molecule has 1 aromatic heterocycles. The third-order valence-corrected chi connectivity index (χ3v) is 3.35. The Morgan fingerprint density at radius 2 is 2.05 bits per heavy atom. The first kappa shape index (κ1) is 16.9. The first-order valence-corrected chi connectivity index (χ1v) is 7.31. The highest BCUT2D eigenvalue weighted by atomic mass is 32.1. The van der Waals surface area contributed by atoms with Gasteiger partial charge in [0.05, 0.1) is 11.4 Å². The van der Waals surface area contributed by atoms with Gasteiger partial charge >= 0.3 is 5.97 Å². The summed E-state index contributed by atoms with van der Waals surface area (Å²) in [6.07, 6.45) is 2.32. The van der Waals surface area contributed by atoms with Gasteiger partial charge in [-0.25, -0.2) is 4.79 Å². The number of thiophene rings is 1. The van der Waals surface area contributed by atoms with Crippen molar-refractivity contribution < 1.29 is 19.5 Å². The lowest BCUT2D eigenvalue weighted by Crippen LogP contribution is -2.38. The van der Waals surface area contributed by atoms with E-state index in [1.165, 1.54) is 17.4 Å². The fourth-order valence-corrected chi connectivity index (χ4v) is 2.22. The minimum Gasteiger partial charge on any atom is -0.478 e. The first-order valence-electron chi connectivity index (χ1n) is 6.43. The zero-order valence-electron chi connectivity index (χ0n) is 11.9. The zero-order chi connectivity index (χ0) is 15.8. The van der Waals surface area contributed by atoms with Gasteiger partial charge in [-0.05, 0) is 29.0 Å². The summed E-state index contributed by atoms with van der Waals surface area (Å²) in [6.45, 7) is 4.41. The Morgan fingerprint density at radius 1 is 1.33 bits per heavy atom. The second kappa shape index (κ2) is 8.21. The van der Waals surface area contributed by atoms with Gasteiger partial charge < -0.3 is 15.7 Å². The van der Waals surface area contributed by atoms with E-state index in [1.807, 2.05) is 13.8 Å². The number of carbonyl (C=O) groups excluding carboxylic acids is 2. The molecule has 0 radical (unpaired) electrons. The maximum atomic E-state index is 12.0. The van der Waals surface area contributed by atoms with Crippen molar-refractivity contribution in [2.75, 3.05) is 13.1 Å². The molecular formula is C14H18N2O4S. The normalized spacial score (nSPS) is 10.8. The van der Waals surface area contributed by atoms with E-state index in [1.54, 1.807) is 11.4 Å². The summed E-state index contributed by atoms with van der Waals surface area (Å²) in [6, 6.07) is 1.65. The molecule has 1 heterocycles. The van der Waals surface area contributed by atoms with Crippen LogP contribution >= 0.6 is 11.3 Å². The average molecular weight is 310 g/mol. The van der Waals surface area contributed by atoms with Crippen LogP contribution in [0, 0.1) is 5.92 Å². The lowest BCUT2D eigenvalue weighted by molar-refractivity contribution is -0.131. The summed E-state index contributed by atoms with van der Waals surface area (Å²) in [4.78, 5) is 34.3. The summed E-state index contributed by atoms with van der Waals surface area (Å²) in [7, 11) is 0. The van der Waals surface area contributed by atoms with Crippen LogP contribution in [0.2, 0.25) is 0 Å². The third kappa shape index (κ3) is 6.22. The Bertz CT molecular complexity index is 549. The van der Waals surface area contributed by atoms with E-state index in [2.05, 4.69) is 10.6 Å². The quantitative estimate of drug-likeness (QED) is 0.662. The molecule has 0 aliphatic carbocycles. The molecule has 2 amide bonds. The van der Waals surface area contributed by atoms with Crippen LogP contribution in [0.25, 0.3) is 6.08 Å². The molecular weight excluding hydrogens is 292 g/mol. The fourth-order valence-electron chi connectivity index (χ4n) is 1.42. The highest BCUT2D eigenvalue weighted by Gasteiger charge is 2.13. The van der Waals surface area contributed by atoms with Crippen molar-refractivity contribution in [2.45, 2.75) is 13.8 Å². The maximum absolute atomic E-state index is 12.0. The lowest BCUT2D eigenvalue weighted by Gasteiger charge is -2.08. The van der Waals surface area contributed by atoms with Crippen LogP contribution in [0.3, 0.4) is 0 Å². The van der Waals surface area contributed by atoms with Gasteiger partial charge in [0.25, 0.3) is 5.91 Å². The van der Waals surface area contributed by atoms with Gasteiger partial charge in [-0.1, -0.05) is 13.8 Å². The molecule has 3 N–H and O–H groups in total. The molecule has 0 aromatic carbocycles. The van der Waals surface area contributed by atoms with Crippen molar-refractivity contribution in [3.05, 3.63) is 28.0 Å². The van der Waals surface area contributed by atoms with Crippen LogP contribution < -0.4 is 10.6 Å². The van der Waals surface area contributed by atoms with Crippen LogP contribution in [0.1, 0.15) is 29.1 Å². The number of rotatable bonds is 7. The lowest BCUT2D eigenvalue weighted by atomic mass is 10.2. The van der Waals surface area contributed by atoms with Gasteiger partial charge in [0.1, 0.15) is 0 Å². The zero-order valence-corrected chi connectivity index (χ0v) is 12.7. The fraction of sp³-hybridized carbons (Fsp3) is 0.357. The van der Waals surface area contributed by atoms with E-state index in [0.717, 1.165) is 6.08 Å². The van der Waals surface area contributed by atoms with Crippen molar-refractivity contribution in [3.8, 4) is 0 Å². The van der Waals surface area contributed by atoms with Crippen molar-refractivity contribution in [3.63, 3.8) is 0 Å². The molecule has 21 heavy (non-hydrogen) atoms. The summed E-state index contributed by atoms with van der Waals surface area (Å²) in [5.41, 5.74) is 0.516. The Morgan fingerprint density at radius 3 is 2.67 bits per heavy atom. The van der Waals surface area contributed by atoms with E-state index in [4.69, 9.17) is 5.11 Å². The first-order chi connectivity index (χ1) is 9.90. The van der Waals surface area contributed by atoms with Crippen molar-refractivity contribution >= 4 is 35.2 Å². The predicted octanol–water partition coefficient (Wildman–Crippen LogP) is 1.35. The van der Waals surface area contributed by atoms with Crippen LogP contribution in [-0.4, -0.2) is 36.0 Å². The van der Waals surface area contributed by atoms with Crippen LogP contribution in [0.5, 0.6) is 0 Å². The SMILES string of the molecule is CC(C)CNC(=O)CNC(=O)c1sccc1/C=C/C(=O)O. The van der Waals surface area contributed by atoms with E-state index in [9.17, 15) is 14.4 Å². The van der Waals surface area contributed by atoms with Crippen molar-refractivity contribution in [2.24, 2.45) is 5.92 Å². The van der Waals surface area contributed by atoms with Crippen LogP contribution in [-0.2, 0) is 9.59 Å². The van der Waals surface area contributed by atoms with Crippen LogP contribution in [0.4, 0.5) is 0 Å². The Kier molecular flexibility index (Phi) is 6.61. The maximum Gasteiger partial charge on any atom is 0.328 e. The number of carbonyl (C=O) groups is 3. The standard InChI is InChI=1S/C14H18N2O4S/c1-9(2)7-15-11(17)8-16-14(20)13-10(5-6-21-13)3-4-12(18)19/h3-6,9H,7-8H2,1-2H3,(H,15,17)(H,16,20)(H,18,19)/b4-3+. The number of carboxylic acids is 1. The van der Waals surface area contributed by atoms with Gasteiger partial charge in [0, 0.05) is 12.6 Å². The number of hydrogen-bond acceptors (Lipinski definition) is 4. The average Bonchev–Trinajstić information content (AvgIpc) is 2.88. The number of carboxylic acid groups (broad SMARTS) is 1. The van der Waals surface area contributed by atoms with E-state index < -0.39 is 11.9 Å². The number of hydrogen-bond donors (Lipinski definition) is 3. The molecule has 1 aromatic rings. The molecule has 0 atom stereocenters. The van der Waals surface area contributed by atoms with Gasteiger partial charge in [-0.2, -0.15) is 0 Å². The minimum atomic E-state index is -1.08. The van der Waals surface area contributed by atoms with Gasteiger partial charge in [0.15, 0.2) is 0 Å². The largest absolute Gasteiger partial charge is 0.478 e. The molecule has 0 aliphatic rings. The summed E-state index contributed by atoms with van der Waals surface area (Å²) >= 11 is 1.19. The van der Waals surface area contributed by atoms with Crippen molar-refractivity contribution in [1.82, 2.24) is 10.6 Å². The smallest absolute Gasteiger partial charge is 0.328 e. The molecule has 0 saturated heterocycles. The summed E-state index contributed by atoms with van der Waals surface area (Å²) < 4.78 is 0. The highest BCUT2D eigenvalue weighted by molar-refractivity contribution is 7.12. The minimum absolute atomic E-state index is 0.106. The van der Waals surface area contributed by atoms with E-state index in [-0.39, 0.29) is 12.5 Å². The molecule has 0 saturated carbocycles. The van der Waals surface area contributed by atoms with Crippen LogP contribution in [0.15, 0.2) is 17.5 Å². The third-order valence-electron chi connectivity index (χ3n) is 2.42. The number of amides is 2. The Labute approximate surface area is 126 Å². The van der Waals surface area contributed by atoms with E-state index >= 15 is 0 Å². The monoisotopic (exact) mass is 310 g/mol. The topological polar surface area (TPSA) is 95.5 Å². The molecule has 0 bridgehead atoms.